The Morgan fingerprint density at radius 2 is 2.18 bits per heavy atom. The highest BCUT2D eigenvalue weighted by Gasteiger charge is 2.15. The fourth-order valence-electron chi connectivity index (χ4n) is 1.82. The quantitative estimate of drug-likeness (QED) is 0.719. The molecule has 3 rings (SSSR count). The number of nitrogens with two attached hydrogens (primary N) is 1. The lowest BCUT2D eigenvalue weighted by Crippen LogP contribution is -1.93. The van der Waals surface area contributed by atoms with Crippen molar-refractivity contribution in [2.45, 2.75) is 6.92 Å². The average molecular weight is 248 g/mol. The van der Waals surface area contributed by atoms with Crippen LogP contribution in [0.2, 0.25) is 5.02 Å². The van der Waals surface area contributed by atoms with E-state index in [1.807, 2.05) is 19.1 Å². The van der Waals surface area contributed by atoms with E-state index in [2.05, 4.69) is 4.98 Å². The van der Waals surface area contributed by atoms with Crippen molar-refractivity contribution in [2.75, 3.05) is 5.73 Å². The summed E-state index contributed by atoms with van der Waals surface area (Å²) in [6, 6.07) is 5.48. The summed E-state index contributed by atoms with van der Waals surface area (Å²) in [4.78, 5) is 4.44. The minimum absolute atomic E-state index is 0.528. The number of aromatic nitrogens is 2. The van der Waals surface area contributed by atoms with Crippen LogP contribution in [0.4, 0.5) is 5.82 Å². The second-order valence-corrected chi connectivity index (χ2v) is 4.29. The van der Waals surface area contributed by atoms with E-state index in [9.17, 15) is 0 Å². The first kappa shape index (κ1) is 10.2. The Morgan fingerprint density at radius 3 is 2.88 bits per heavy atom. The van der Waals surface area contributed by atoms with Crippen molar-refractivity contribution >= 4 is 23.1 Å². The number of nitrogens with zero attached hydrogens (tertiary/aromatic N) is 2. The van der Waals surface area contributed by atoms with Gasteiger partial charge < -0.3 is 10.2 Å². The lowest BCUT2D eigenvalue weighted by atomic mass is 10.2. The van der Waals surface area contributed by atoms with Crippen LogP contribution in [0.1, 0.15) is 5.56 Å². The molecule has 3 aromatic heterocycles. The minimum Gasteiger partial charge on any atom is -0.462 e. The van der Waals surface area contributed by atoms with Crippen molar-refractivity contribution in [3.05, 3.63) is 41.2 Å². The number of halogens is 1. The Hall–Kier alpha value is -1.94. The lowest BCUT2D eigenvalue weighted by Gasteiger charge is -1.97. The maximum Gasteiger partial charge on any atom is 0.158 e. The second-order valence-electron chi connectivity index (χ2n) is 3.85. The third kappa shape index (κ3) is 1.49. The number of rotatable bonds is 1. The van der Waals surface area contributed by atoms with E-state index in [4.69, 9.17) is 21.8 Å². The number of hydrogen-bond acceptors (Lipinski definition) is 3. The molecule has 3 aromatic rings. The molecule has 2 N–H and O–H groups in total. The molecule has 0 fully saturated rings. The van der Waals surface area contributed by atoms with Gasteiger partial charge in [0.1, 0.15) is 17.2 Å². The van der Waals surface area contributed by atoms with Crippen molar-refractivity contribution in [1.82, 2.24) is 9.38 Å². The van der Waals surface area contributed by atoms with E-state index in [1.165, 1.54) is 0 Å². The third-order valence-electron chi connectivity index (χ3n) is 2.70. The molecular formula is C12H10ClN3O. The first-order chi connectivity index (χ1) is 8.16. The third-order valence-corrected chi connectivity index (χ3v) is 2.92. The Labute approximate surface area is 103 Å². The van der Waals surface area contributed by atoms with Gasteiger partial charge >= 0.3 is 0 Å². The Morgan fingerprint density at radius 1 is 1.35 bits per heavy atom. The van der Waals surface area contributed by atoms with Gasteiger partial charge in [-0.25, -0.2) is 4.98 Å². The van der Waals surface area contributed by atoms with Gasteiger partial charge in [0.05, 0.1) is 11.3 Å². The Balaban J connectivity index is 2.32. The van der Waals surface area contributed by atoms with Gasteiger partial charge in [0.15, 0.2) is 5.76 Å². The molecule has 0 bridgehead atoms. The van der Waals surface area contributed by atoms with E-state index < -0.39 is 0 Å². The molecule has 0 saturated heterocycles. The zero-order valence-electron chi connectivity index (χ0n) is 9.14. The Bertz CT molecular complexity index is 699. The van der Waals surface area contributed by atoms with E-state index >= 15 is 0 Å². The molecule has 0 spiro atoms. The summed E-state index contributed by atoms with van der Waals surface area (Å²) in [6.07, 6.45) is 3.36. The zero-order chi connectivity index (χ0) is 12.0. The molecule has 17 heavy (non-hydrogen) atoms. The van der Waals surface area contributed by atoms with Gasteiger partial charge in [-0.15, -0.1) is 0 Å². The van der Waals surface area contributed by atoms with Gasteiger partial charge in [-0.3, -0.25) is 4.40 Å². The molecule has 0 saturated carbocycles. The van der Waals surface area contributed by atoms with Crippen LogP contribution in [0.15, 0.2) is 35.1 Å². The molecule has 5 heteroatoms. The van der Waals surface area contributed by atoms with Gasteiger partial charge in [0, 0.05) is 6.20 Å². The van der Waals surface area contributed by atoms with Crippen LogP contribution in [0.3, 0.4) is 0 Å². The highest BCUT2D eigenvalue weighted by Crippen LogP contribution is 2.30. The average Bonchev–Trinajstić information content (AvgIpc) is 2.84. The van der Waals surface area contributed by atoms with E-state index in [-0.39, 0.29) is 0 Å². The van der Waals surface area contributed by atoms with Crippen LogP contribution in [0.5, 0.6) is 0 Å². The van der Waals surface area contributed by atoms with Crippen molar-refractivity contribution in [3.63, 3.8) is 0 Å². The van der Waals surface area contributed by atoms with E-state index in [0.29, 0.717) is 22.3 Å². The largest absolute Gasteiger partial charge is 0.462 e. The van der Waals surface area contributed by atoms with Gasteiger partial charge in [-0.2, -0.15) is 0 Å². The van der Waals surface area contributed by atoms with Gasteiger partial charge in [0.2, 0.25) is 0 Å². The summed E-state index contributed by atoms with van der Waals surface area (Å²) in [5.41, 5.74) is 8.45. The zero-order valence-corrected chi connectivity index (χ0v) is 9.90. The fourth-order valence-corrected chi connectivity index (χ4v) is 1.98. The molecule has 4 nitrogen and oxygen atoms in total. The predicted octanol–water partition coefficient (Wildman–Crippen LogP) is 3.14. The normalized spacial score (nSPS) is 11.2. The van der Waals surface area contributed by atoms with Gasteiger partial charge in [-0.1, -0.05) is 11.6 Å². The summed E-state index contributed by atoms with van der Waals surface area (Å²) in [5.74, 6) is 1.22. The van der Waals surface area contributed by atoms with Crippen molar-refractivity contribution in [1.29, 1.82) is 0 Å². The Kier molecular flexibility index (Phi) is 2.12. The summed E-state index contributed by atoms with van der Waals surface area (Å²) < 4.78 is 7.15. The van der Waals surface area contributed by atoms with Gasteiger partial charge in [0.25, 0.3) is 0 Å². The summed E-state index contributed by atoms with van der Waals surface area (Å²) in [7, 11) is 0. The number of hydrogen-bond donors (Lipinski definition) is 1. The molecule has 0 unspecified atom stereocenters. The van der Waals surface area contributed by atoms with Crippen LogP contribution in [-0.2, 0) is 0 Å². The topological polar surface area (TPSA) is 56.5 Å². The van der Waals surface area contributed by atoms with Crippen molar-refractivity contribution < 1.29 is 4.42 Å². The second kappa shape index (κ2) is 3.53. The summed E-state index contributed by atoms with van der Waals surface area (Å²) in [6.45, 7) is 1.95. The molecule has 0 aliphatic heterocycles. The van der Waals surface area contributed by atoms with Crippen LogP contribution in [0, 0.1) is 6.92 Å². The number of aryl methyl sites for hydroxylation is 1. The monoisotopic (exact) mass is 247 g/mol. The SMILES string of the molecule is Cc1ccoc1-c1nc2ccc(Cl)cn2c1N. The van der Waals surface area contributed by atoms with E-state index in [1.54, 1.807) is 22.9 Å². The number of nitrogen functional groups attached to an aromatic ring is 1. The number of furan rings is 1. The first-order valence-corrected chi connectivity index (χ1v) is 5.52. The molecular weight excluding hydrogens is 238 g/mol. The number of pyridine rings is 1. The maximum absolute atomic E-state index is 6.05. The molecule has 0 aliphatic rings. The van der Waals surface area contributed by atoms with E-state index in [0.717, 1.165) is 11.2 Å². The minimum atomic E-state index is 0.528. The molecule has 0 aliphatic carbocycles. The molecule has 3 heterocycles. The van der Waals surface area contributed by atoms with Crippen LogP contribution in [0.25, 0.3) is 17.1 Å². The lowest BCUT2D eigenvalue weighted by molar-refractivity contribution is 0.579. The van der Waals surface area contributed by atoms with Crippen LogP contribution < -0.4 is 5.73 Å². The number of imidazole rings is 1. The summed E-state index contributed by atoms with van der Waals surface area (Å²) >= 11 is 5.93. The van der Waals surface area contributed by atoms with Crippen LogP contribution >= 0.6 is 11.6 Å². The highest BCUT2D eigenvalue weighted by atomic mass is 35.5. The summed E-state index contributed by atoms with van der Waals surface area (Å²) in [5, 5.41) is 0.615. The molecule has 0 aromatic carbocycles. The maximum atomic E-state index is 6.05. The van der Waals surface area contributed by atoms with Crippen LogP contribution in [-0.4, -0.2) is 9.38 Å². The van der Waals surface area contributed by atoms with Crippen molar-refractivity contribution in [3.8, 4) is 11.5 Å². The van der Waals surface area contributed by atoms with Gasteiger partial charge in [-0.05, 0) is 30.7 Å². The smallest absolute Gasteiger partial charge is 0.158 e. The fraction of sp³-hybridized carbons (Fsp3) is 0.0833. The molecule has 0 atom stereocenters. The molecule has 0 radical (unpaired) electrons. The number of fused-ring (bicyclic) bond motifs is 1. The predicted molar refractivity (Wildman–Crippen MR) is 67.1 cm³/mol. The number of anilines is 1. The first-order valence-electron chi connectivity index (χ1n) is 5.14. The highest BCUT2D eigenvalue weighted by molar-refractivity contribution is 6.30. The molecule has 86 valence electrons. The molecule has 0 amide bonds. The standard InChI is InChI=1S/C12H10ClN3O/c1-7-4-5-17-11(7)10-12(14)16-6-8(13)2-3-9(16)15-10/h2-6H,14H2,1H3. The van der Waals surface area contributed by atoms with Crippen molar-refractivity contribution in [2.24, 2.45) is 0 Å².